The second-order valence-corrected chi connectivity index (χ2v) is 9.25. The van der Waals surface area contributed by atoms with Crippen molar-refractivity contribution in [1.29, 1.82) is 0 Å². The number of thiophene rings is 1. The van der Waals surface area contributed by atoms with E-state index in [0.717, 1.165) is 68.3 Å². The van der Waals surface area contributed by atoms with Crippen molar-refractivity contribution in [1.82, 2.24) is 14.5 Å². The molecule has 0 amide bonds. The van der Waals surface area contributed by atoms with Crippen LogP contribution in [0.3, 0.4) is 0 Å². The quantitative estimate of drug-likeness (QED) is 0.643. The summed E-state index contributed by atoms with van der Waals surface area (Å²) in [5, 5.41) is 0.738. The van der Waals surface area contributed by atoms with Gasteiger partial charge in [0.1, 0.15) is 23.3 Å². The summed E-state index contributed by atoms with van der Waals surface area (Å²) in [6.45, 7) is 6.47. The fourth-order valence-electron chi connectivity index (χ4n) is 4.57. The Kier molecular flexibility index (Phi) is 6.35. The highest BCUT2D eigenvalue weighted by Crippen LogP contribution is 2.34. The lowest BCUT2D eigenvalue weighted by Crippen LogP contribution is -2.34. The summed E-state index contributed by atoms with van der Waals surface area (Å²) in [7, 11) is 0. The molecular weight excluding hydrogens is 386 g/mol. The third kappa shape index (κ3) is 4.26. The molecule has 1 saturated carbocycles. The average Bonchev–Trinajstić information content (AvgIpc) is 3.35. The predicted octanol–water partition coefficient (Wildman–Crippen LogP) is 3.66. The molecule has 2 aromatic rings. The van der Waals surface area contributed by atoms with Crippen LogP contribution in [0.1, 0.15) is 68.6 Å². The number of hydrogen-bond donors (Lipinski definition) is 0. The van der Waals surface area contributed by atoms with Crippen molar-refractivity contribution < 1.29 is 9.53 Å². The Morgan fingerprint density at radius 1 is 1.17 bits per heavy atom. The number of carbonyl (C=O) groups is 1. The van der Waals surface area contributed by atoms with E-state index in [1.165, 1.54) is 16.9 Å². The molecule has 0 aliphatic heterocycles. The van der Waals surface area contributed by atoms with E-state index in [1.807, 2.05) is 0 Å². The maximum Gasteiger partial charge on any atom is 0.326 e. The zero-order chi connectivity index (χ0) is 20.4. The van der Waals surface area contributed by atoms with E-state index >= 15 is 0 Å². The zero-order valence-electron chi connectivity index (χ0n) is 17.5. The van der Waals surface area contributed by atoms with Crippen molar-refractivity contribution in [3.05, 3.63) is 26.6 Å². The molecule has 1 fully saturated rings. The number of carbonyl (C=O) groups excluding carboxylic acids is 1. The van der Waals surface area contributed by atoms with Crippen molar-refractivity contribution in [3.8, 4) is 0 Å². The van der Waals surface area contributed by atoms with E-state index in [9.17, 15) is 9.59 Å². The molecule has 2 aromatic heterocycles. The molecule has 0 saturated heterocycles. The SMILES string of the molecule is CCN(CC)Cc1nc2sc3c(c2c(=O)n1CC(=O)OC1CCCC1)CCCC3. The normalized spacial score (nSPS) is 17.2. The molecule has 2 aliphatic carbocycles. The highest BCUT2D eigenvalue weighted by Gasteiger charge is 2.25. The maximum atomic E-state index is 13.5. The van der Waals surface area contributed by atoms with Gasteiger partial charge in [-0.05, 0) is 70.0 Å². The van der Waals surface area contributed by atoms with E-state index in [2.05, 4.69) is 18.7 Å². The Balaban J connectivity index is 1.72. The minimum absolute atomic E-state index is 0.00929. The first-order chi connectivity index (χ1) is 14.1. The molecule has 2 aliphatic rings. The Morgan fingerprint density at radius 3 is 2.62 bits per heavy atom. The van der Waals surface area contributed by atoms with Gasteiger partial charge in [0.25, 0.3) is 5.56 Å². The Morgan fingerprint density at radius 2 is 1.90 bits per heavy atom. The van der Waals surface area contributed by atoms with Crippen molar-refractivity contribution in [2.45, 2.75) is 84.4 Å². The lowest BCUT2D eigenvalue weighted by atomic mass is 9.97. The molecular formula is C22H31N3O3S. The minimum Gasteiger partial charge on any atom is -0.461 e. The molecule has 7 heteroatoms. The van der Waals surface area contributed by atoms with Crippen LogP contribution in [-0.4, -0.2) is 39.6 Å². The van der Waals surface area contributed by atoms with Crippen molar-refractivity contribution in [2.24, 2.45) is 0 Å². The molecule has 0 unspecified atom stereocenters. The standard InChI is InChI=1S/C22H31N3O3S/c1-3-24(4-2)13-18-23-21-20(16-11-7-8-12-17(16)29-21)22(27)25(18)14-19(26)28-15-9-5-6-10-15/h15H,3-14H2,1-2H3. The molecule has 6 nitrogen and oxygen atoms in total. The summed E-state index contributed by atoms with van der Waals surface area (Å²) in [4.78, 5) is 35.4. The summed E-state index contributed by atoms with van der Waals surface area (Å²) in [6.07, 6.45) is 8.36. The second kappa shape index (κ2) is 8.96. The molecule has 0 spiro atoms. The van der Waals surface area contributed by atoms with Gasteiger partial charge < -0.3 is 4.74 Å². The van der Waals surface area contributed by atoms with Gasteiger partial charge in [-0.1, -0.05) is 13.8 Å². The predicted molar refractivity (Wildman–Crippen MR) is 115 cm³/mol. The fraction of sp³-hybridized carbons (Fsp3) is 0.682. The molecule has 4 rings (SSSR count). The molecule has 158 valence electrons. The Bertz CT molecular complexity index is 939. The number of rotatable bonds is 7. The van der Waals surface area contributed by atoms with Crippen molar-refractivity contribution in [2.75, 3.05) is 13.1 Å². The third-order valence-corrected chi connectivity index (χ3v) is 7.49. The van der Waals surface area contributed by atoms with E-state index < -0.39 is 0 Å². The van der Waals surface area contributed by atoms with Gasteiger partial charge in [-0.2, -0.15) is 0 Å². The molecule has 0 bridgehead atoms. The molecule has 29 heavy (non-hydrogen) atoms. The van der Waals surface area contributed by atoms with Gasteiger partial charge >= 0.3 is 5.97 Å². The number of aryl methyl sites for hydroxylation is 2. The van der Waals surface area contributed by atoms with Gasteiger partial charge in [0.2, 0.25) is 0 Å². The van der Waals surface area contributed by atoms with E-state index in [0.29, 0.717) is 12.4 Å². The van der Waals surface area contributed by atoms with Gasteiger partial charge in [0.05, 0.1) is 11.9 Å². The number of esters is 1. The van der Waals surface area contributed by atoms with Gasteiger partial charge in [-0.25, -0.2) is 4.98 Å². The van der Waals surface area contributed by atoms with Crippen LogP contribution in [0.25, 0.3) is 10.2 Å². The van der Waals surface area contributed by atoms with Crippen LogP contribution in [0, 0.1) is 0 Å². The number of nitrogens with zero attached hydrogens (tertiary/aromatic N) is 3. The zero-order valence-corrected chi connectivity index (χ0v) is 18.4. The number of aromatic nitrogens is 2. The molecule has 0 atom stereocenters. The fourth-order valence-corrected chi connectivity index (χ4v) is 5.84. The van der Waals surface area contributed by atoms with Crippen LogP contribution in [0.15, 0.2) is 4.79 Å². The van der Waals surface area contributed by atoms with Crippen LogP contribution in [0.4, 0.5) is 0 Å². The number of ether oxygens (including phenoxy) is 1. The van der Waals surface area contributed by atoms with Crippen LogP contribution < -0.4 is 5.56 Å². The van der Waals surface area contributed by atoms with Crippen LogP contribution >= 0.6 is 11.3 Å². The molecule has 0 aromatic carbocycles. The second-order valence-electron chi connectivity index (χ2n) is 8.17. The van der Waals surface area contributed by atoms with Gasteiger partial charge in [-0.3, -0.25) is 19.1 Å². The summed E-state index contributed by atoms with van der Waals surface area (Å²) in [6, 6.07) is 0. The van der Waals surface area contributed by atoms with Gasteiger partial charge in [0.15, 0.2) is 0 Å². The maximum absolute atomic E-state index is 13.5. The first kappa shape index (κ1) is 20.5. The summed E-state index contributed by atoms with van der Waals surface area (Å²) >= 11 is 1.66. The van der Waals surface area contributed by atoms with Gasteiger partial charge in [-0.15, -0.1) is 11.3 Å². The van der Waals surface area contributed by atoms with Gasteiger partial charge in [0, 0.05) is 4.88 Å². The largest absolute Gasteiger partial charge is 0.461 e. The van der Waals surface area contributed by atoms with E-state index in [4.69, 9.17) is 9.72 Å². The average molecular weight is 418 g/mol. The first-order valence-electron chi connectivity index (χ1n) is 11.1. The lowest BCUT2D eigenvalue weighted by Gasteiger charge is -2.20. The van der Waals surface area contributed by atoms with Crippen molar-refractivity contribution in [3.63, 3.8) is 0 Å². The number of hydrogen-bond acceptors (Lipinski definition) is 6. The first-order valence-corrected chi connectivity index (χ1v) is 11.9. The summed E-state index contributed by atoms with van der Waals surface area (Å²) in [5.74, 6) is 0.359. The smallest absolute Gasteiger partial charge is 0.326 e. The van der Waals surface area contributed by atoms with Crippen LogP contribution in [-0.2, 0) is 35.5 Å². The minimum atomic E-state index is -0.315. The molecule has 2 heterocycles. The summed E-state index contributed by atoms with van der Waals surface area (Å²) < 4.78 is 7.23. The monoisotopic (exact) mass is 417 g/mol. The Hall–Kier alpha value is -1.73. The van der Waals surface area contributed by atoms with E-state index in [1.54, 1.807) is 15.9 Å². The van der Waals surface area contributed by atoms with Crippen LogP contribution in [0.5, 0.6) is 0 Å². The molecule has 0 N–H and O–H groups in total. The number of fused-ring (bicyclic) bond motifs is 3. The lowest BCUT2D eigenvalue weighted by molar-refractivity contribution is -0.149. The third-order valence-electron chi connectivity index (χ3n) is 6.30. The summed E-state index contributed by atoms with van der Waals surface area (Å²) in [5.41, 5.74) is 1.10. The highest BCUT2D eigenvalue weighted by atomic mass is 32.1. The molecule has 0 radical (unpaired) electrons. The Labute approximate surface area is 175 Å². The van der Waals surface area contributed by atoms with Crippen LogP contribution in [0.2, 0.25) is 0 Å². The van der Waals surface area contributed by atoms with Crippen molar-refractivity contribution >= 4 is 27.5 Å². The van der Waals surface area contributed by atoms with E-state index in [-0.39, 0.29) is 24.2 Å². The topological polar surface area (TPSA) is 64.4 Å². The highest BCUT2D eigenvalue weighted by molar-refractivity contribution is 7.18.